The number of nitrogen functional groups attached to an aromatic ring is 1. The average molecular weight is 362 g/mol. The normalized spacial score (nSPS) is 10.1. The minimum atomic E-state index is -0.888. The second kappa shape index (κ2) is 7.55. The molecule has 1 aromatic carbocycles. The van der Waals surface area contributed by atoms with Gasteiger partial charge in [-0.15, -0.1) is 11.3 Å². The third-order valence-electron chi connectivity index (χ3n) is 3.16. The quantitative estimate of drug-likeness (QED) is 0.687. The molecule has 1 heterocycles. The van der Waals surface area contributed by atoms with Gasteiger partial charge in [-0.3, -0.25) is 0 Å². The highest BCUT2D eigenvalue weighted by atomic mass is 32.1. The molecule has 0 bridgehead atoms. The number of benzene rings is 1. The molecule has 130 valence electrons. The zero-order chi connectivity index (χ0) is 18.6. The number of nitrogens with zero attached hydrogens (tertiary/aromatic N) is 1. The van der Waals surface area contributed by atoms with Crippen LogP contribution in [0.3, 0.4) is 0 Å². The van der Waals surface area contributed by atoms with Gasteiger partial charge in [-0.25, -0.2) is 9.59 Å². The number of esters is 2. The number of ether oxygens (including phenoxy) is 2. The summed E-state index contributed by atoms with van der Waals surface area (Å²) >= 11 is 0.873. The minimum absolute atomic E-state index is 0.0378. The van der Waals surface area contributed by atoms with Gasteiger partial charge in [0.2, 0.25) is 0 Å². The Hall–Kier alpha value is -3.25. The number of carbonyl (C=O) groups is 2. The fourth-order valence-electron chi connectivity index (χ4n) is 2.01. The van der Waals surface area contributed by atoms with Crippen LogP contribution >= 0.6 is 11.3 Å². The van der Waals surface area contributed by atoms with Crippen LogP contribution in [0.25, 0.3) is 0 Å². The number of anilines is 1. The Kier molecular flexibility index (Phi) is 5.46. The third-order valence-corrected chi connectivity index (χ3v) is 4.20. The number of rotatable bonds is 5. The van der Waals surface area contributed by atoms with Crippen molar-refractivity contribution < 1.29 is 29.3 Å². The molecule has 0 aliphatic rings. The van der Waals surface area contributed by atoms with Gasteiger partial charge < -0.3 is 25.4 Å². The van der Waals surface area contributed by atoms with Crippen LogP contribution in [0.1, 0.15) is 38.1 Å². The fourth-order valence-corrected chi connectivity index (χ4v) is 2.93. The number of hydrogen-bond donors (Lipinski definition) is 3. The number of phenolic OH excluding ortho intramolecular Hbond substituents is 2. The van der Waals surface area contributed by atoms with Gasteiger partial charge in [0, 0.05) is 11.6 Å². The minimum Gasteiger partial charge on any atom is -0.508 e. The number of thiophene rings is 1. The van der Waals surface area contributed by atoms with Crippen LogP contribution < -0.4 is 5.73 Å². The van der Waals surface area contributed by atoms with Crippen molar-refractivity contribution in [3.63, 3.8) is 0 Å². The van der Waals surface area contributed by atoms with Gasteiger partial charge in [0.15, 0.2) is 0 Å². The number of carbonyl (C=O) groups excluding carboxylic acids is 2. The van der Waals surface area contributed by atoms with E-state index in [0.717, 1.165) is 17.4 Å². The van der Waals surface area contributed by atoms with Crippen LogP contribution in [-0.4, -0.2) is 28.8 Å². The molecule has 0 unspecified atom stereocenters. The topological polar surface area (TPSA) is 143 Å². The van der Waals surface area contributed by atoms with Gasteiger partial charge in [0.05, 0.1) is 12.2 Å². The predicted molar refractivity (Wildman–Crippen MR) is 88.3 cm³/mol. The maximum Gasteiger partial charge on any atom is 0.348 e. The van der Waals surface area contributed by atoms with Crippen molar-refractivity contribution in [3.05, 3.63) is 39.8 Å². The molecule has 0 aliphatic heterocycles. The lowest BCUT2D eigenvalue weighted by molar-refractivity contribution is 0.0450. The van der Waals surface area contributed by atoms with E-state index in [2.05, 4.69) is 0 Å². The number of nitrogens with two attached hydrogens (primary N) is 1. The molecule has 2 rings (SSSR count). The van der Waals surface area contributed by atoms with Crippen molar-refractivity contribution in [2.75, 3.05) is 12.3 Å². The zero-order valence-corrected chi connectivity index (χ0v) is 13.9. The lowest BCUT2D eigenvalue weighted by atomic mass is 10.1. The predicted octanol–water partition coefficient (Wildman–Crippen LogP) is 2.15. The molecular formula is C16H14N2O6S. The molecule has 1 aromatic heterocycles. The maximum absolute atomic E-state index is 12.1. The second-order valence-electron chi connectivity index (χ2n) is 4.76. The summed E-state index contributed by atoms with van der Waals surface area (Å²) in [7, 11) is 0. The van der Waals surface area contributed by atoms with Gasteiger partial charge in [0.1, 0.15) is 39.6 Å². The van der Waals surface area contributed by atoms with E-state index in [9.17, 15) is 25.1 Å². The molecule has 0 aliphatic carbocycles. The van der Waals surface area contributed by atoms with Crippen LogP contribution in [0.2, 0.25) is 0 Å². The monoisotopic (exact) mass is 362 g/mol. The first kappa shape index (κ1) is 18.1. The Bertz CT molecular complexity index is 868. The van der Waals surface area contributed by atoms with Gasteiger partial charge >= 0.3 is 11.9 Å². The summed E-state index contributed by atoms with van der Waals surface area (Å²) < 4.78 is 9.97. The van der Waals surface area contributed by atoms with Crippen LogP contribution in [0.5, 0.6) is 11.5 Å². The van der Waals surface area contributed by atoms with E-state index in [-0.39, 0.29) is 38.9 Å². The van der Waals surface area contributed by atoms with E-state index in [0.29, 0.717) is 0 Å². The Morgan fingerprint density at radius 3 is 2.60 bits per heavy atom. The van der Waals surface area contributed by atoms with Crippen molar-refractivity contribution in [1.82, 2.24) is 0 Å². The van der Waals surface area contributed by atoms with Crippen molar-refractivity contribution in [1.29, 1.82) is 5.26 Å². The maximum atomic E-state index is 12.1. The highest BCUT2D eigenvalue weighted by Gasteiger charge is 2.24. The number of aromatic hydroxyl groups is 2. The fraction of sp³-hybridized carbons (Fsp3) is 0.188. The summed E-state index contributed by atoms with van der Waals surface area (Å²) in [4.78, 5) is 24.1. The highest BCUT2D eigenvalue weighted by Crippen LogP contribution is 2.32. The van der Waals surface area contributed by atoms with Gasteiger partial charge in [-0.2, -0.15) is 5.26 Å². The highest BCUT2D eigenvalue weighted by molar-refractivity contribution is 7.18. The second-order valence-corrected chi connectivity index (χ2v) is 5.81. The Morgan fingerprint density at radius 2 is 2.00 bits per heavy atom. The van der Waals surface area contributed by atoms with E-state index in [4.69, 9.17) is 15.2 Å². The lowest BCUT2D eigenvalue weighted by Gasteiger charge is -2.08. The summed E-state index contributed by atoms with van der Waals surface area (Å²) in [6.07, 6.45) is 0. The molecule has 25 heavy (non-hydrogen) atoms. The number of hydrogen-bond acceptors (Lipinski definition) is 9. The number of phenols is 2. The molecule has 0 spiro atoms. The van der Waals surface area contributed by atoms with Crippen LogP contribution in [0.4, 0.5) is 5.00 Å². The van der Waals surface area contributed by atoms with Crippen LogP contribution in [0.15, 0.2) is 18.2 Å². The largest absolute Gasteiger partial charge is 0.508 e. The zero-order valence-electron chi connectivity index (χ0n) is 13.1. The lowest BCUT2D eigenvalue weighted by Crippen LogP contribution is -2.10. The molecule has 9 heteroatoms. The first-order valence-corrected chi connectivity index (χ1v) is 7.88. The smallest absolute Gasteiger partial charge is 0.348 e. The molecule has 0 saturated carbocycles. The van der Waals surface area contributed by atoms with E-state index in [1.807, 2.05) is 6.07 Å². The van der Waals surface area contributed by atoms with E-state index >= 15 is 0 Å². The summed E-state index contributed by atoms with van der Waals surface area (Å²) in [5.74, 6) is -2.22. The molecular weight excluding hydrogens is 348 g/mol. The summed E-state index contributed by atoms with van der Waals surface area (Å²) in [5.41, 5.74) is 5.74. The van der Waals surface area contributed by atoms with Crippen LogP contribution in [0, 0.1) is 11.3 Å². The van der Waals surface area contributed by atoms with E-state index in [1.165, 1.54) is 12.1 Å². The number of nitriles is 1. The standard InChI is InChI=1S/C16H14N2O6S/c1-2-23-16(22)13-11(10(6-17)14(18)25-13)7-24-15(21)9-4-3-8(19)5-12(9)20/h3-5,19-20H,2,7,18H2,1H3. The van der Waals surface area contributed by atoms with Crippen molar-refractivity contribution in [3.8, 4) is 17.6 Å². The first-order valence-electron chi connectivity index (χ1n) is 7.06. The van der Waals surface area contributed by atoms with Gasteiger partial charge in [-0.05, 0) is 19.1 Å². The van der Waals surface area contributed by atoms with E-state index < -0.39 is 24.3 Å². The molecule has 0 radical (unpaired) electrons. The Labute approximate surface area is 146 Å². The summed E-state index contributed by atoms with van der Waals surface area (Å²) in [5, 5.41) is 28.2. The van der Waals surface area contributed by atoms with Gasteiger partial charge in [0.25, 0.3) is 0 Å². The molecule has 2 aromatic rings. The summed E-state index contributed by atoms with van der Waals surface area (Å²) in [6.45, 7) is 1.37. The van der Waals surface area contributed by atoms with Crippen molar-refractivity contribution >= 4 is 28.3 Å². The third kappa shape index (κ3) is 3.81. The van der Waals surface area contributed by atoms with E-state index in [1.54, 1.807) is 6.92 Å². The molecule has 4 N–H and O–H groups in total. The van der Waals surface area contributed by atoms with Crippen LogP contribution in [-0.2, 0) is 16.1 Å². The molecule has 0 amide bonds. The van der Waals surface area contributed by atoms with Crippen molar-refractivity contribution in [2.24, 2.45) is 0 Å². The molecule has 0 saturated heterocycles. The average Bonchev–Trinajstić information content (AvgIpc) is 2.88. The molecule has 0 fully saturated rings. The van der Waals surface area contributed by atoms with Crippen molar-refractivity contribution in [2.45, 2.75) is 13.5 Å². The molecule has 8 nitrogen and oxygen atoms in total. The Morgan fingerprint density at radius 1 is 1.28 bits per heavy atom. The van der Waals surface area contributed by atoms with Gasteiger partial charge in [-0.1, -0.05) is 0 Å². The molecule has 0 atom stereocenters. The Balaban J connectivity index is 2.26. The first-order chi connectivity index (χ1) is 11.9. The summed E-state index contributed by atoms with van der Waals surface area (Å²) in [6, 6.07) is 5.26. The SMILES string of the molecule is CCOC(=O)c1sc(N)c(C#N)c1COC(=O)c1ccc(O)cc1O.